The van der Waals surface area contributed by atoms with Gasteiger partial charge >= 0.3 is 0 Å². The highest BCUT2D eigenvalue weighted by Gasteiger charge is 2.15. The zero-order chi connectivity index (χ0) is 13.7. The molecule has 0 spiro atoms. The van der Waals surface area contributed by atoms with Crippen molar-refractivity contribution in [1.82, 2.24) is 5.32 Å². The van der Waals surface area contributed by atoms with Gasteiger partial charge in [-0.05, 0) is 66.7 Å². The lowest BCUT2D eigenvalue weighted by Gasteiger charge is -2.22. The van der Waals surface area contributed by atoms with Gasteiger partial charge in [0.2, 0.25) is 5.91 Å². The summed E-state index contributed by atoms with van der Waals surface area (Å²) in [6.45, 7) is 2.02. The summed E-state index contributed by atoms with van der Waals surface area (Å²) in [7, 11) is 0. The van der Waals surface area contributed by atoms with E-state index >= 15 is 0 Å². The quantitative estimate of drug-likeness (QED) is 0.772. The Balaban J connectivity index is 1.80. The summed E-state index contributed by atoms with van der Waals surface area (Å²) < 4.78 is 6.52. The van der Waals surface area contributed by atoms with E-state index in [2.05, 4.69) is 33.2 Å². The molecule has 1 amide bonds. The Hall–Kier alpha value is -0.370. The Labute approximate surface area is 131 Å². The summed E-state index contributed by atoms with van der Waals surface area (Å²) in [6, 6.07) is 5.37. The van der Waals surface area contributed by atoms with E-state index in [1.54, 1.807) is 12.1 Å². The van der Waals surface area contributed by atoms with Crippen molar-refractivity contribution in [3.05, 3.63) is 26.8 Å². The maximum Gasteiger partial charge on any atom is 0.250 e. The first kappa shape index (κ1) is 15.0. The maximum atomic E-state index is 11.8. The van der Waals surface area contributed by atoms with Crippen LogP contribution in [-0.2, 0) is 9.53 Å². The molecule has 1 aliphatic heterocycles. The zero-order valence-electron chi connectivity index (χ0n) is 10.4. The number of amides is 1. The molecule has 0 bridgehead atoms. The van der Waals surface area contributed by atoms with Crippen LogP contribution in [0.1, 0.15) is 12.8 Å². The van der Waals surface area contributed by atoms with Crippen LogP contribution in [0.4, 0.5) is 5.69 Å². The molecule has 1 aliphatic rings. The average molecular weight is 395 g/mol. The minimum atomic E-state index is -0.126. The van der Waals surface area contributed by atoms with Gasteiger partial charge in [-0.3, -0.25) is 4.79 Å². The molecule has 104 valence electrons. The van der Waals surface area contributed by atoms with Crippen LogP contribution in [0.5, 0.6) is 0 Å². The first-order chi connectivity index (χ1) is 9.15. The lowest BCUT2D eigenvalue weighted by molar-refractivity contribution is -0.123. The number of ether oxygens (including phenoxy) is 1. The molecule has 0 aromatic heterocycles. The summed E-state index contributed by atoms with van der Waals surface area (Å²) in [4.78, 5) is 11.8. The molecule has 1 aromatic rings. The van der Waals surface area contributed by atoms with E-state index < -0.39 is 0 Å². The van der Waals surface area contributed by atoms with E-state index in [0.717, 1.165) is 35.2 Å². The molecule has 0 aliphatic carbocycles. The molecule has 19 heavy (non-hydrogen) atoms. The SMILES string of the molecule is O=C(COC1CCNCC1)Nc1ccc(Cl)cc1I. The highest BCUT2D eigenvalue weighted by Crippen LogP contribution is 2.22. The molecule has 1 aromatic carbocycles. The first-order valence-electron chi connectivity index (χ1n) is 6.22. The number of hydrogen-bond donors (Lipinski definition) is 2. The molecular formula is C13H16ClIN2O2. The second-order valence-electron chi connectivity index (χ2n) is 4.43. The summed E-state index contributed by atoms with van der Waals surface area (Å²) in [5.74, 6) is -0.126. The number of anilines is 1. The van der Waals surface area contributed by atoms with E-state index in [-0.39, 0.29) is 18.6 Å². The lowest BCUT2D eigenvalue weighted by Crippen LogP contribution is -2.34. The summed E-state index contributed by atoms with van der Waals surface area (Å²) in [6.07, 6.45) is 2.12. The second-order valence-corrected chi connectivity index (χ2v) is 6.03. The first-order valence-corrected chi connectivity index (χ1v) is 7.68. The summed E-state index contributed by atoms with van der Waals surface area (Å²) in [5.41, 5.74) is 0.768. The molecule has 0 saturated carbocycles. The topological polar surface area (TPSA) is 50.4 Å². The Kier molecular flexibility index (Phi) is 5.87. The van der Waals surface area contributed by atoms with Crippen LogP contribution in [0.25, 0.3) is 0 Å². The van der Waals surface area contributed by atoms with Gasteiger partial charge in [-0.1, -0.05) is 11.6 Å². The number of benzene rings is 1. The van der Waals surface area contributed by atoms with E-state index in [1.165, 1.54) is 0 Å². The molecule has 1 saturated heterocycles. The molecule has 2 N–H and O–H groups in total. The van der Waals surface area contributed by atoms with E-state index in [9.17, 15) is 4.79 Å². The molecule has 4 nitrogen and oxygen atoms in total. The standard InChI is InChI=1S/C13H16ClIN2O2/c14-9-1-2-12(11(15)7-9)17-13(18)8-19-10-3-5-16-6-4-10/h1-2,7,10,16H,3-6,8H2,(H,17,18). The number of halogens is 2. The van der Waals surface area contributed by atoms with Gasteiger partial charge in [-0.25, -0.2) is 0 Å². The molecule has 0 unspecified atom stereocenters. The number of nitrogens with one attached hydrogen (secondary N) is 2. The van der Waals surface area contributed by atoms with E-state index in [0.29, 0.717) is 5.02 Å². The minimum absolute atomic E-state index is 0.101. The highest BCUT2D eigenvalue weighted by atomic mass is 127. The van der Waals surface area contributed by atoms with Crippen molar-refractivity contribution in [2.45, 2.75) is 18.9 Å². The number of piperidine rings is 1. The van der Waals surface area contributed by atoms with Gasteiger partial charge in [0.1, 0.15) is 6.61 Å². The van der Waals surface area contributed by atoms with Crippen LogP contribution in [0.15, 0.2) is 18.2 Å². The van der Waals surface area contributed by atoms with Crippen LogP contribution in [-0.4, -0.2) is 31.7 Å². The van der Waals surface area contributed by atoms with Gasteiger partial charge in [-0.2, -0.15) is 0 Å². The fraction of sp³-hybridized carbons (Fsp3) is 0.462. The Morgan fingerprint density at radius 2 is 2.21 bits per heavy atom. The number of rotatable bonds is 4. The van der Waals surface area contributed by atoms with Crippen molar-refractivity contribution in [3.63, 3.8) is 0 Å². The maximum absolute atomic E-state index is 11.8. The molecule has 1 fully saturated rings. The molecule has 6 heteroatoms. The number of carbonyl (C=O) groups excluding carboxylic acids is 1. The highest BCUT2D eigenvalue weighted by molar-refractivity contribution is 14.1. The van der Waals surface area contributed by atoms with Crippen molar-refractivity contribution in [3.8, 4) is 0 Å². The largest absolute Gasteiger partial charge is 0.368 e. The van der Waals surface area contributed by atoms with Gasteiger partial charge in [0.25, 0.3) is 0 Å². The van der Waals surface area contributed by atoms with Crippen molar-refractivity contribution < 1.29 is 9.53 Å². The monoisotopic (exact) mass is 394 g/mol. The van der Waals surface area contributed by atoms with Gasteiger partial charge < -0.3 is 15.4 Å². The zero-order valence-corrected chi connectivity index (χ0v) is 13.3. The Morgan fingerprint density at radius 3 is 2.89 bits per heavy atom. The molecule has 1 heterocycles. The van der Waals surface area contributed by atoms with Crippen LogP contribution < -0.4 is 10.6 Å². The minimum Gasteiger partial charge on any atom is -0.368 e. The van der Waals surface area contributed by atoms with Crippen molar-refractivity contribution >= 4 is 45.8 Å². The molecule has 0 radical (unpaired) electrons. The predicted molar refractivity (Wildman–Crippen MR) is 84.6 cm³/mol. The van der Waals surface area contributed by atoms with Crippen LogP contribution in [0, 0.1) is 3.57 Å². The van der Waals surface area contributed by atoms with Gasteiger partial charge in [-0.15, -0.1) is 0 Å². The fourth-order valence-corrected chi connectivity index (χ4v) is 2.94. The van der Waals surface area contributed by atoms with Crippen molar-refractivity contribution in [2.75, 3.05) is 25.0 Å². The average Bonchev–Trinajstić information content (AvgIpc) is 2.41. The van der Waals surface area contributed by atoms with Gasteiger partial charge in [0.05, 0.1) is 11.8 Å². The second kappa shape index (κ2) is 7.42. The lowest BCUT2D eigenvalue weighted by atomic mass is 10.1. The Bertz CT molecular complexity index is 450. The summed E-state index contributed by atoms with van der Waals surface area (Å²) >= 11 is 8.01. The number of hydrogen-bond acceptors (Lipinski definition) is 3. The molecule has 0 atom stereocenters. The van der Waals surface area contributed by atoms with Crippen LogP contribution in [0.2, 0.25) is 5.02 Å². The molecule has 2 rings (SSSR count). The molecular weight excluding hydrogens is 379 g/mol. The Morgan fingerprint density at radius 1 is 1.47 bits per heavy atom. The summed E-state index contributed by atoms with van der Waals surface area (Å²) in [5, 5.41) is 6.75. The fourth-order valence-electron chi connectivity index (χ4n) is 1.93. The third-order valence-corrected chi connectivity index (χ3v) is 4.07. The normalized spacial score (nSPS) is 16.3. The van der Waals surface area contributed by atoms with Crippen LogP contribution >= 0.6 is 34.2 Å². The van der Waals surface area contributed by atoms with E-state index in [4.69, 9.17) is 16.3 Å². The van der Waals surface area contributed by atoms with Crippen molar-refractivity contribution in [2.24, 2.45) is 0 Å². The van der Waals surface area contributed by atoms with Gasteiger partial charge in [0.15, 0.2) is 0 Å². The van der Waals surface area contributed by atoms with Gasteiger partial charge in [0, 0.05) is 8.59 Å². The van der Waals surface area contributed by atoms with Crippen LogP contribution in [0.3, 0.4) is 0 Å². The number of carbonyl (C=O) groups is 1. The third kappa shape index (κ3) is 4.91. The van der Waals surface area contributed by atoms with E-state index in [1.807, 2.05) is 6.07 Å². The smallest absolute Gasteiger partial charge is 0.250 e. The third-order valence-electron chi connectivity index (χ3n) is 2.94. The predicted octanol–water partition coefficient (Wildman–Crippen LogP) is 2.65. The van der Waals surface area contributed by atoms with Crippen molar-refractivity contribution in [1.29, 1.82) is 0 Å².